The van der Waals surface area contributed by atoms with Crippen molar-refractivity contribution in [3.63, 3.8) is 0 Å². The van der Waals surface area contributed by atoms with E-state index in [1.807, 2.05) is 0 Å². The molecule has 2 N–H and O–H groups in total. The van der Waals surface area contributed by atoms with E-state index in [-0.39, 0.29) is 49.9 Å². The Balaban J connectivity index is -0.00000183. The molecule has 0 aliphatic carbocycles. The highest BCUT2D eigenvalue weighted by Crippen LogP contribution is 2.23. The molecule has 0 aromatic rings. The van der Waals surface area contributed by atoms with Crippen molar-refractivity contribution in [2.75, 3.05) is 118 Å². The van der Waals surface area contributed by atoms with E-state index in [4.69, 9.17) is 38.3 Å². The van der Waals surface area contributed by atoms with Crippen LogP contribution in [-0.2, 0) is 52.3 Å². The summed E-state index contributed by atoms with van der Waals surface area (Å²) in [7, 11) is 0. The number of hydrogen-bond acceptors (Lipinski definition) is 18. The predicted octanol–water partition coefficient (Wildman–Crippen LogP) is 23.7. The second-order valence-electron chi connectivity index (χ2n) is 31.5. The van der Waals surface area contributed by atoms with E-state index < -0.39 is 18.3 Å². The van der Waals surface area contributed by atoms with Crippen molar-refractivity contribution in [3.8, 4) is 0 Å². The number of aliphatic carboxylic acids is 1. The smallest absolute Gasteiger partial charge is 0.481 e. The van der Waals surface area contributed by atoms with Gasteiger partial charge in [0.25, 0.3) is 0 Å². The number of hydrogen-bond donors (Lipinski definition) is 2. The van der Waals surface area contributed by atoms with Crippen LogP contribution in [0.25, 0.3) is 0 Å². The van der Waals surface area contributed by atoms with E-state index in [0.717, 1.165) is 174 Å². The number of carbonyl (C=O) groups is 6. The molecule has 0 amide bonds. The van der Waals surface area contributed by atoms with Crippen LogP contribution >= 0.6 is 0 Å². The van der Waals surface area contributed by atoms with Crippen LogP contribution in [0.4, 0.5) is 9.59 Å². The van der Waals surface area contributed by atoms with Crippen molar-refractivity contribution in [2.24, 2.45) is 11.8 Å². The van der Waals surface area contributed by atoms with Gasteiger partial charge in [-0.05, 0) is 128 Å². The molecular formula is C92H182N4O15. The minimum absolute atomic E-state index is 0.0727. The first-order valence-corrected chi connectivity index (χ1v) is 46.9. The number of carboxylic acid groups (broad SMARTS) is 1. The van der Waals surface area contributed by atoms with E-state index in [2.05, 4.69) is 103 Å². The van der Waals surface area contributed by atoms with Gasteiger partial charge in [-0.3, -0.25) is 29.0 Å². The number of ether oxygens (including phenoxy) is 7. The van der Waals surface area contributed by atoms with Crippen LogP contribution in [-0.4, -0.2) is 196 Å². The SMILES string of the molecule is CCCCCCC(CCCC)COC(=O)CCCC(CCCCCC)OC(=O)OCCN(CCO)CCN(CC)CC.CCCCCCCCCCCC(=O)O.CCCCCCCCCCCC(=O)OCCN(CCOC(=O)OC(CCCCCC)CCCC(=O)OCC(CCCC)CCCCCC)CCN(CC)CC. The first-order chi connectivity index (χ1) is 54.0. The van der Waals surface area contributed by atoms with E-state index in [0.29, 0.717) is 109 Å². The van der Waals surface area contributed by atoms with Crippen molar-refractivity contribution >= 4 is 36.2 Å². The highest BCUT2D eigenvalue weighted by atomic mass is 16.7. The maximum Gasteiger partial charge on any atom is 0.508 e. The van der Waals surface area contributed by atoms with Crippen molar-refractivity contribution in [3.05, 3.63) is 0 Å². The molecule has 0 aliphatic heterocycles. The fraction of sp³-hybridized carbons (Fsp3) is 0.935. The molecule has 0 bridgehead atoms. The van der Waals surface area contributed by atoms with Crippen molar-refractivity contribution in [2.45, 2.75) is 429 Å². The second kappa shape index (κ2) is 88.6. The fourth-order valence-corrected chi connectivity index (χ4v) is 13.8. The zero-order valence-electron chi connectivity index (χ0n) is 74.8. The van der Waals surface area contributed by atoms with Crippen LogP contribution in [0.1, 0.15) is 417 Å². The standard InChI is InChI=1S/C46H90N2O7.C34H68N2O6.C12H24O2/c1-7-13-17-20-21-22-23-24-27-33-44(49)52-39-37-48(36-35-47(11-5)12-6)38-40-53-46(51)55-43(31-26-19-15-9-3)32-28-34-45(50)54-41-42(29-16-10-4)30-25-18-14-8-2;1-6-11-14-16-20-31(19-13-8-3)30-41-33(38)23-18-22-32(21-17-15-12-7-2)42-34(39)40-29-27-36(26-28-37)25-24-35(9-4)10-5;1-2-3-4-5-6-7-8-9-10-11-12(13)14/h42-43H,7-41H2,1-6H3;31-32,37H,6-30H2,1-5H3;2-11H2,1H3,(H,13,14). The number of unbranched alkanes of at least 4 members (excludes halogenated alkanes) is 30. The third-order valence-electron chi connectivity index (χ3n) is 21.5. The molecule has 0 heterocycles. The van der Waals surface area contributed by atoms with Gasteiger partial charge in [-0.2, -0.15) is 0 Å². The molecule has 0 spiro atoms. The Bertz CT molecular complexity index is 2000. The van der Waals surface area contributed by atoms with Crippen LogP contribution < -0.4 is 0 Å². The lowest BCUT2D eigenvalue weighted by Gasteiger charge is -2.26. The Morgan fingerprint density at radius 3 is 0.856 bits per heavy atom. The number of likely N-dealkylation sites (N-methyl/N-ethyl adjacent to an activating group) is 2. The van der Waals surface area contributed by atoms with E-state index in [1.165, 1.54) is 161 Å². The molecule has 0 aliphatic rings. The molecule has 0 radical (unpaired) electrons. The van der Waals surface area contributed by atoms with Crippen molar-refractivity contribution in [1.82, 2.24) is 19.6 Å². The van der Waals surface area contributed by atoms with Crippen molar-refractivity contribution < 1.29 is 72.1 Å². The average Bonchev–Trinajstić information content (AvgIpc) is 0.974. The van der Waals surface area contributed by atoms with Gasteiger partial charge in [-0.1, -0.05) is 301 Å². The summed E-state index contributed by atoms with van der Waals surface area (Å²) in [5.41, 5.74) is 0. The Morgan fingerprint density at radius 1 is 0.261 bits per heavy atom. The summed E-state index contributed by atoms with van der Waals surface area (Å²) in [4.78, 5) is 82.2. The van der Waals surface area contributed by atoms with Gasteiger partial charge < -0.3 is 53.2 Å². The summed E-state index contributed by atoms with van der Waals surface area (Å²) < 4.78 is 39.5. The number of esters is 3. The average molecular weight is 1580 g/mol. The van der Waals surface area contributed by atoms with Crippen LogP contribution in [0.2, 0.25) is 0 Å². The normalized spacial score (nSPS) is 12.4. The molecule has 19 heteroatoms. The fourth-order valence-electron chi connectivity index (χ4n) is 13.8. The number of aliphatic hydroxyl groups is 1. The summed E-state index contributed by atoms with van der Waals surface area (Å²) in [6.45, 7) is 37.7. The number of rotatable bonds is 81. The number of nitrogens with zero attached hydrogens (tertiary/aromatic N) is 4. The topological polar surface area (TPSA) is 220 Å². The highest BCUT2D eigenvalue weighted by molar-refractivity contribution is 5.70. The molecule has 0 aromatic carbocycles. The summed E-state index contributed by atoms with van der Waals surface area (Å²) >= 11 is 0. The van der Waals surface area contributed by atoms with E-state index in [9.17, 15) is 33.9 Å². The monoisotopic (exact) mass is 1580 g/mol. The van der Waals surface area contributed by atoms with Gasteiger partial charge in [-0.15, -0.1) is 0 Å². The molecule has 111 heavy (non-hydrogen) atoms. The largest absolute Gasteiger partial charge is 0.508 e. The second-order valence-corrected chi connectivity index (χ2v) is 31.5. The summed E-state index contributed by atoms with van der Waals surface area (Å²) in [5.74, 6) is -0.178. The van der Waals surface area contributed by atoms with Crippen molar-refractivity contribution in [1.29, 1.82) is 0 Å². The van der Waals surface area contributed by atoms with Gasteiger partial charge in [0.15, 0.2) is 0 Å². The summed E-state index contributed by atoms with van der Waals surface area (Å²) in [6, 6.07) is 0. The minimum atomic E-state index is -0.659. The summed E-state index contributed by atoms with van der Waals surface area (Å²) in [6.07, 6.45) is 53.7. The minimum Gasteiger partial charge on any atom is -0.481 e. The van der Waals surface area contributed by atoms with Crippen LogP contribution in [0.15, 0.2) is 0 Å². The number of aliphatic hydroxyl groups excluding tert-OH is 1. The molecule has 0 saturated heterocycles. The Labute approximate surface area is 683 Å². The summed E-state index contributed by atoms with van der Waals surface area (Å²) in [5, 5.41) is 17.8. The first kappa shape index (κ1) is 111. The maximum absolute atomic E-state index is 12.9. The molecule has 19 nitrogen and oxygen atoms in total. The van der Waals surface area contributed by atoms with Gasteiger partial charge in [0.1, 0.15) is 32.0 Å². The molecule has 0 aromatic heterocycles. The Hall–Kier alpha value is -3.78. The Morgan fingerprint density at radius 2 is 0.523 bits per heavy atom. The number of carbonyl (C=O) groups excluding carboxylic acids is 5. The zero-order chi connectivity index (χ0) is 82.5. The molecule has 0 fully saturated rings. The third kappa shape index (κ3) is 81.2. The molecule has 660 valence electrons. The molecule has 4 atom stereocenters. The molecular weight excluding hydrogens is 1400 g/mol. The van der Waals surface area contributed by atoms with E-state index >= 15 is 0 Å². The van der Waals surface area contributed by atoms with Gasteiger partial charge in [-0.25, -0.2) is 9.59 Å². The molecule has 4 unspecified atom stereocenters. The lowest BCUT2D eigenvalue weighted by molar-refractivity contribution is -0.146. The number of carboxylic acids is 1. The van der Waals surface area contributed by atoms with E-state index in [1.54, 1.807) is 0 Å². The third-order valence-corrected chi connectivity index (χ3v) is 21.5. The van der Waals surface area contributed by atoms with Crippen LogP contribution in [0.3, 0.4) is 0 Å². The van der Waals surface area contributed by atoms with Gasteiger partial charge in [0.2, 0.25) is 0 Å². The molecule has 0 saturated carbocycles. The highest BCUT2D eigenvalue weighted by Gasteiger charge is 2.22. The lowest BCUT2D eigenvalue weighted by atomic mass is 9.96. The zero-order valence-corrected chi connectivity index (χ0v) is 74.8. The maximum atomic E-state index is 12.9. The quantitative estimate of drug-likeness (QED) is 0.0328. The van der Waals surface area contributed by atoms with Gasteiger partial charge in [0.05, 0.1) is 19.8 Å². The lowest BCUT2D eigenvalue weighted by Crippen LogP contribution is -2.39. The van der Waals surface area contributed by atoms with Crippen LogP contribution in [0, 0.1) is 11.8 Å². The van der Waals surface area contributed by atoms with Crippen LogP contribution in [0.5, 0.6) is 0 Å². The first-order valence-electron chi connectivity index (χ1n) is 46.9. The predicted molar refractivity (Wildman–Crippen MR) is 461 cm³/mol. The van der Waals surface area contributed by atoms with Gasteiger partial charge in [0, 0.05) is 78.0 Å². The molecule has 0 rings (SSSR count). The Kier molecular flexibility index (Phi) is 88.9. The van der Waals surface area contributed by atoms with Gasteiger partial charge >= 0.3 is 36.2 Å².